The van der Waals surface area contributed by atoms with Gasteiger partial charge in [0.05, 0.1) is 43.8 Å². The van der Waals surface area contributed by atoms with Gasteiger partial charge in [0.25, 0.3) is 5.09 Å². The van der Waals surface area contributed by atoms with Crippen molar-refractivity contribution in [3.05, 3.63) is 143 Å². The number of alkyl halides is 1. The number of rotatable bonds is 14. The van der Waals surface area contributed by atoms with Crippen LogP contribution in [0.3, 0.4) is 0 Å². The maximum atomic E-state index is 17.0. The standard InChI is InChI=1S/C31H48O6.C24H31FO6.C18H14Cl4N2O.HNO3.Na/c1-17(2)9-8-10-20(28(35)36)26-22-15-24(34)27-29(5)13-12-23(33)18(3)21(29)11-14-30(27,6)31(22,7)16-25(26)37-19(4)32;1-13-9-18-17-6-5-15-10-16(27)7-8-21(15,3)23(17,25)19(28)11-22(18,4)24(13,30)20(29)12-31-14(2)26;19-13-2-1-12(16(21)7-13)10-25-18(9-24-6-5-23-11-24)15-4-3-14(20)8-17(15)22;2-1(3)4;/h9,18,21-25,27,33-34H,8,10-16H2,1-7H3,(H,35,36);7-8,10,13,17-19,28,30H,5-6,9,11-12H2,1-4H3;1-8,11,18H,9-10H2;(H,2,3,4);/q;;;;+1/p-1/b26-20-;;;;/t18-,21-,22-,23+,24+,25-,27-,29-,30-,31-;13-,17+,18+,19+,21+,22+,23+,24+;;;/m01.../s1. The molecule has 5 N–H and O–H groups in total. The quantitative estimate of drug-likeness (QED) is 0.0250. The molecule has 0 spiro atoms. The number of allylic oxidation sites excluding steroid dienone is 6. The van der Waals surface area contributed by atoms with Crippen molar-refractivity contribution >= 4 is 75.9 Å². The van der Waals surface area contributed by atoms with Gasteiger partial charge in [-0.3, -0.25) is 19.2 Å². The first-order valence-electron chi connectivity index (χ1n) is 33.4. The largest absolute Gasteiger partial charge is 1.00 e. The van der Waals surface area contributed by atoms with E-state index in [9.17, 15) is 49.5 Å². The van der Waals surface area contributed by atoms with Gasteiger partial charge in [-0.2, -0.15) is 0 Å². The summed E-state index contributed by atoms with van der Waals surface area (Å²) in [4.78, 5) is 73.3. The summed E-state index contributed by atoms with van der Waals surface area (Å²) in [5.41, 5.74) is -2.31. The molecule has 8 aliphatic carbocycles. The van der Waals surface area contributed by atoms with Crippen LogP contribution in [0.2, 0.25) is 20.1 Å². The van der Waals surface area contributed by atoms with Gasteiger partial charge < -0.3 is 54.3 Å². The normalized spacial score (nSPS) is 36.1. The van der Waals surface area contributed by atoms with Crippen molar-refractivity contribution < 1.29 is 108 Å². The molecule has 0 bridgehead atoms. The first kappa shape index (κ1) is 80.8. The van der Waals surface area contributed by atoms with Crippen molar-refractivity contribution in [2.45, 2.75) is 208 Å². The number of aromatic nitrogens is 2. The zero-order valence-electron chi connectivity index (χ0n) is 58.0. The number of Topliss-reactive ketones (excluding diaryl/α,β-unsaturated/α-hetero) is 1. The number of hydrogen-bond acceptors (Lipinski definition) is 16. The number of ether oxygens (including phenoxy) is 3. The number of fused-ring (bicyclic) bond motifs is 10. The Labute approximate surface area is 615 Å². The fraction of sp³-hybridized carbons (Fsp3) is 0.616. The second-order valence-electron chi connectivity index (χ2n) is 29.7. The van der Waals surface area contributed by atoms with Crippen molar-refractivity contribution in [1.82, 2.24) is 9.55 Å². The zero-order valence-corrected chi connectivity index (χ0v) is 63.0. The van der Waals surface area contributed by atoms with Gasteiger partial charge in [0.15, 0.2) is 18.1 Å². The molecular weight excluding hydrogens is 1360 g/mol. The van der Waals surface area contributed by atoms with E-state index >= 15 is 4.39 Å². The molecule has 19 nitrogen and oxygen atoms in total. The second kappa shape index (κ2) is 31.6. The van der Waals surface area contributed by atoms with E-state index in [1.54, 1.807) is 63.6 Å². The smallest absolute Gasteiger partial charge is 0.545 e. The average Bonchev–Trinajstić information content (AvgIpc) is 1.39. The van der Waals surface area contributed by atoms with E-state index in [0.29, 0.717) is 95.3 Å². The average molecular weight is 1450 g/mol. The Morgan fingerprint density at radius 1 is 0.857 bits per heavy atom. The number of halogens is 5. The molecule has 1 aromatic heterocycles. The van der Waals surface area contributed by atoms with E-state index in [0.717, 1.165) is 42.4 Å². The minimum Gasteiger partial charge on any atom is -0.545 e. The number of esters is 2. The predicted octanol–water partition coefficient (Wildman–Crippen LogP) is 9.91. The Morgan fingerprint density at radius 2 is 1.51 bits per heavy atom. The molecule has 19 atom stereocenters. The van der Waals surface area contributed by atoms with Crippen LogP contribution in [0.15, 0.2) is 102 Å². The summed E-state index contributed by atoms with van der Waals surface area (Å²) in [6, 6.07) is 10.7. The van der Waals surface area contributed by atoms with E-state index in [1.807, 2.05) is 42.8 Å². The molecule has 11 rings (SSSR count). The molecule has 25 heteroatoms. The topological polar surface area (TPSA) is 298 Å². The Hall–Kier alpha value is -4.55. The maximum Gasteiger partial charge on any atom is 1.00 e. The molecule has 98 heavy (non-hydrogen) atoms. The van der Waals surface area contributed by atoms with Crippen LogP contribution in [-0.2, 0) is 51.3 Å². The van der Waals surface area contributed by atoms with Gasteiger partial charge in [-0.05, 0) is 203 Å². The van der Waals surface area contributed by atoms with Gasteiger partial charge in [-0.15, -0.1) is 10.1 Å². The van der Waals surface area contributed by atoms with Crippen molar-refractivity contribution in [1.29, 1.82) is 0 Å². The van der Waals surface area contributed by atoms with Gasteiger partial charge >= 0.3 is 41.5 Å². The van der Waals surface area contributed by atoms with Crippen LogP contribution in [0.1, 0.15) is 170 Å². The Morgan fingerprint density at radius 3 is 2.10 bits per heavy atom. The number of aliphatic hydroxyl groups excluding tert-OH is 3. The molecule has 8 aliphatic rings. The van der Waals surface area contributed by atoms with Crippen LogP contribution in [-0.4, -0.2) is 112 Å². The van der Waals surface area contributed by atoms with Crippen LogP contribution >= 0.6 is 46.4 Å². The van der Waals surface area contributed by atoms with Gasteiger partial charge in [0.1, 0.15) is 17.8 Å². The molecule has 3 aromatic rings. The first-order valence-corrected chi connectivity index (χ1v) is 34.9. The zero-order chi connectivity index (χ0) is 71.9. The Kier molecular flexibility index (Phi) is 26.0. The number of aliphatic hydroxyl groups is 4. The van der Waals surface area contributed by atoms with Crippen molar-refractivity contribution in [2.24, 2.45) is 68.5 Å². The first-order chi connectivity index (χ1) is 45.2. The number of nitrogens with zero attached hydrogens (tertiary/aromatic N) is 3. The molecule has 532 valence electrons. The molecular formula is C73H93Cl4FN3NaO16. The SMILES string of the molecule is CC(=O)OCC(=O)[C@@]1(O)[C@H](C)C[C@H]2[C@@H]3CCC4=CC(=O)C=C[C@]4(C)[C@@]3(F)[C@@H](O)C[C@@]21C.CC(=O)O[C@H]1C[C@@]2(C)[C@@H](C[C@@H](O)[C@H]3[C@@]4(C)CC[C@@H](O)[C@@H](C)[C@@H]4CC[C@@]32C)/C1=C(\CCC=C(C)C)C(=O)[O-].Clc1ccc(COC(Cn2ccnc2)c2ccc(Cl)cc2Cl)c(Cl)c1.O=[N+]([O-])O.[Na+]. The number of ketones is 2. The van der Waals surface area contributed by atoms with Crippen molar-refractivity contribution in [3.63, 3.8) is 0 Å². The summed E-state index contributed by atoms with van der Waals surface area (Å²) < 4.78 is 35.8. The fourth-order valence-electron chi connectivity index (χ4n) is 19.6. The van der Waals surface area contributed by atoms with E-state index < -0.39 is 87.6 Å². The molecule has 0 amide bonds. The summed E-state index contributed by atoms with van der Waals surface area (Å²) in [7, 11) is 0. The summed E-state index contributed by atoms with van der Waals surface area (Å²) in [5.74, 6) is -4.06. The van der Waals surface area contributed by atoms with E-state index in [-0.39, 0.29) is 99.5 Å². The van der Waals surface area contributed by atoms with Crippen LogP contribution in [0.25, 0.3) is 0 Å². The fourth-order valence-corrected chi connectivity index (χ4v) is 20.6. The number of carboxylic acids is 1. The third-order valence-corrected chi connectivity index (χ3v) is 25.5. The second-order valence-corrected chi connectivity index (χ2v) is 31.4. The maximum absolute atomic E-state index is 17.0. The predicted molar refractivity (Wildman–Crippen MR) is 361 cm³/mol. The number of carboxylic acid groups (broad SMARTS) is 1. The summed E-state index contributed by atoms with van der Waals surface area (Å²) >= 11 is 24.5. The van der Waals surface area contributed by atoms with Gasteiger partial charge in [0.2, 0.25) is 5.78 Å². The number of imidazole rings is 1. The van der Waals surface area contributed by atoms with Crippen LogP contribution in [0.5, 0.6) is 0 Å². The molecule has 7 fully saturated rings. The van der Waals surface area contributed by atoms with Crippen LogP contribution in [0.4, 0.5) is 4.39 Å². The number of hydrogen-bond donors (Lipinski definition) is 5. The third-order valence-electron chi connectivity index (χ3n) is 24.3. The van der Waals surface area contributed by atoms with Gasteiger partial charge in [-0.25, -0.2) is 9.37 Å². The van der Waals surface area contributed by atoms with E-state index in [1.165, 1.54) is 26.0 Å². The molecule has 1 unspecified atom stereocenters. The van der Waals surface area contributed by atoms with Gasteiger partial charge in [0, 0.05) is 68.6 Å². The van der Waals surface area contributed by atoms with Crippen LogP contribution in [0, 0.1) is 78.6 Å². The van der Waals surface area contributed by atoms with Gasteiger partial charge in [-0.1, -0.05) is 123 Å². The number of carbonyl (C=O) groups excluding carboxylic acids is 5. The van der Waals surface area contributed by atoms with E-state index in [2.05, 4.69) is 32.7 Å². The summed E-state index contributed by atoms with van der Waals surface area (Å²) in [6.45, 7) is 21.1. The monoisotopic (exact) mass is 1450 g/mol. The summed E-state index contributed by atoms with van der Waals surface area (Å²) in [5, 5.41) is 73.9. The number of carbonyl (C=O) groups is 5. The molecule has 0 saturated heterocycles. The summed E-state index contributed by atoms with van der Waals surface area (Å²) in [6.07, 6.45) is 15.2. The molecule has 0 aliphatic heterocycles. The number of benzene rings is 2. The molecule has 7 saturated carbocycles. The minimum atomic E-state index is -2.01. The molecule has 0 radical (unpaired) electrons. The number of aliphatic carboxylic acids is 1. The molecule has 1 heterocycles. The Balaban J connectivity index is 0.000000203. The molecule has 2 aromatic carbocycles. The Bertz CT molecular complexity index is 3600. The van der Waals surface area contributed by atoms with E-state index in [4.69, 9.17) is 75.9 Å². The minimum absolute atomic E-state index is 0. The van der Waals surface area contributed by atoms with Crippen LogP contribution < -0.4 is 34.7 Å². The van der Waals surface area contributed by atoms with Crippen molar-refractivity contribution in [3.8, 4) is 0 Å². The van der Waals surface area contributed by atoms with Crippen molar-refractivity contribution in [2.75, 3.05) is 6.61 Å². The third kappa shape index (κ3) is 15.4.